The van der Waals surface area contributed by atoms with Gasteiger partial charge in [-0.3, -0.25) is 14.4 Å². The van der Waals surface area contributed by atoms with Crippen molar-refractivity contribution in [2.75, 3.05) is 0 Å². The minimum absolute atomic E-state index is 0.454. The van der Waals surface area contributed by atoms with Gasteiger partial charge in [0.1, 0.15) is 12.2 Å². The molecule has 0 amide bonds. The summed E-state index contributed by atoms with van der Waals surface area (Å²) in [7, 11) is 0. The molecule has 120 valence electrons. The lowest BCUT2D eigenvalue weighted by molar-refractivity contribution is -0.275. The van der Waals surface area contributed by atoms with Gasteiger partial charge in [0, 0.05) is 20.8 Å². The number of hydrogen-bond acceptors (Lipinski definition) is 7. The van der Waals surface area contributed by atoms with Crippen LogP contribution in [0.2, 0.25) is 0 Å². The molecule has 1 aliphatic heterocycles. The van der Waals surface area contributed by atoms with E-state index in [4.69, 9.17) is 18.9 Å². The molecule has 1 aliphatic rings. The van der Waals surface area contributed by atoms with Gasteiger partial charge in [-0.15, -0.1) is 0 Å². The first-order chi connectivity index (χ1) is 9.76. The third-order valence-electron chi connectivity index (χ3n) is 3.24. The molecule has 1 heterocycles. The highest BCUT2D eigenvalue weighted by Gasteiger charge is 2.48. The van der Waals surface area contributed by atoms with Gasteiger partial charge in [0.2, 0.25) is 6.29 Å². The Morgan fingerprint density at radius 3 is 1.81 bits per heavy atom. The molecule has 0 aromatic rings. The maximum atomic E-state index is 11.3. The summed E-state index contributed by atoms with van der Waals surface area (Å²) in [5.41, 5.74) is 0. The summed E-state index contributed by atoms with van der Waals surface area (Å²) < 4.78 is 21.3. The first-order valence-electron chi connectivity index (χ1n) is 6.93. The third-order valence-corrected chi connectivity index (χ3v) is 3.24. The monoisotopic (exact) mass is 302 g/mol. The predicted molar refractivity (Wildman–Crippen MR) is 71.0 cm³/mol. The number of ether oxygens (including phenoxy) is 4. The van der Waals surface area contributed by atoms with Gasteiger partial charge in [-0.05, 0) is 6.42 Å². The van der Waals surface area contributed by atoms with E-state index in [0.717, 1.165) is 0 Å². The quantitative estimate of drug-likeness (QED) is 0.569. The van der Waals surface area contributed by atoms with Crippen molar-refractivity contribution >= 4 is 17.9 Å². The lowest BCUT2D eigenvalue weighted by Gasteiger charge is -2.43. The second-order valence-corrected chi connectivity index (χ2v) is 5.07. The molecule has 1 fully saturated rings. The lowest BCUT2D eigenvalue weighted by atomic mass is 9.90. The molecule has 0 N–H and O–H groups in total. The van der Waals surface area contributed by atoms with Crippen LogP contribution in [0, 0.1) is 5.92 Å². The van der Waals surface area contributed by atoms with Crippen LogP contribution in [0.4, 0.5) is 0 Å². The van der Waals surface area contributed by atoms with Crippen molar-refractivity contribution in [3.63, 3.8) is 0 Å². The van der Waals surface area contributed by atoms with Crippen molar-refractivity contribution < 1.29 is 33.3 Å². The Bertz CT molecular complexity index is 406. The Kier molecular flexibility index (Phi) is 6.14. The Morgan fingerprint density at radius 2 is 1.38 bits per heavy atom. The molecule has 0 bridgehead atoms. The summed E-state index contributed by atoms with van der Waals surface area (Å²) in [4.78, 5) is 33.7. The van der Waals surface area contributed by atoms with Crippen LogP contribution in [0.15, 0.2) is 0 Å². The highest BCUT2D eigenvalue weighted by molar-refractivity contribution is 5.67. The smallest absolute Gasteiger partial charge is 0.304 e. The largest absolute Gasteiger partial charge is 0.458 e. The summed E-state index contributed by atoms with van der Waals surface area (Å²) in [6.07, 6.45) is -2.30. The first-order valence-corrected chi connectivity index (χ1v) is 6.93. The van der Waals surface area contributed by atoms with E-state index in [1.807, 2.05) is 6.92 Å². The van der Waals surface area contributed by atoms with Crippen LogP contribution in [-0.2, 0) is 33.3 Å². The van der Waals surface area contributed by atoms with E-state index in [2.05, 4.69) is 0 Å². The van der Waals surface area contributed by atoms with Crippen LogP contribution in [0.3, 0.4) is 0 Å². The summed E-state index contributed by atoms with van der Waals surface area (Å²) in [5.74, 6) is -1.93. The van der Waals surface area contributed by atoms with Crippen molar-refractivity contribution in [1.29, 1.82) is 0 Å². The van der Waals surface area contributed by atoms with Crippen LogP contribution < -0.4 is 0 Å². The number of hydrogen-bond donors (Lipinski definition) is 0. The minimum Gasteiger partial charge on any atom is -0.458 e. The molecule has 1 saturated heterocycles. The second kappa shape index (κ2) is 7.40. The molecule has 1 rings (SSSR count). The number of esters is 3. The highest BCUT2D eigenvalue weighted by Crippen LogP contribution is 2.32. The number of rotatable bonds is 4. The molecule has 0 radical (unpaired) electrons. The zero-order chi connectivity index (χ0) is 16.2. The minimum atomic E-state index is -0.844. The van der Waals surface area contributed by atoms with Crippen LogP contribution in [-0.4, -0.2) is 42.5 Å². The molecular formula is C14H22O7. The summed E-state index contributed by atoms with van der Waals surface area (Å²) in [6.45, 7) is 7.38. The van der Waals surface area contributed by atoms with Crippen molar-refractivity contribution in [1.82, 2.24) is 0 Å². The first kappa shape index (κ1) is 17.4. The fourth-order valence-corrected chi connectivity index (χ4v) is 2.37. The highest BCUT2D eigenvalue weighted by atomic mass is 16.7. The van der Waals surface area contributed by atoms with E-state index < -0.39 is 48.4 Å². The van der Waals surface area contributed by atoms with E-state index in [1.165, 1.54) is 20.8 Å². The van der Waals surface area contributed by atoms with Crippen molar-refractivity contribution in [2.45, 2.75) is 65.6 Å². The van der Waals surface area contributed by atoms with E-state index in [1.54, 1.807) is 6.92 Å². The Balaban J connectivity index is 3.01. The molecule has 0 aromatic carbocycles. The van der Waals surface area contributed by atoms with Crippen molar-refractivity contribution in [2.24, 2.45) is 5.92 Å². The maximum absolute atomic E-state index is 11.3. The second-order valence-electron chi connectivity index (χ2n) is 5.07. The molecule has 0 saturated carbocycles. The van der Waals surface area contributed by atoms with Gasteiger partial charge < -0.3 is 18.9 Å². The fourth-order valence-electron chi connectivity index (χ4n) is 2.37. The van der Waals surface area contributed by atoms with Crippen LogP contribution in [0.1, 0.15) is 41.0 Å². The van der Waals surface area contributed by atoms with Crippen LogP contribution in [0.25, 0.3) is 0 Å². The standard InChI is InChI=1S/C14H22O7/c1-6-11-13(19-9(4)16)12(18-8(3)15)7(2)14(21-11)20-10(5)17/h7,11-14H,6H2,1-5H3. The molecular weight excluding hydrogens is 280 g/mol. The van der Waals surface area contributed by atoms with E-state index in [-0.39, 0.29) is 0 Å². The molecule has 7 nitrogen and oxygen atoms in total. The molecule has 0 spiro atoms. The zero-order valence-electron chi connectivity index (χ0n) is 13.0. The van der Waals surface area contributed by atoms with Gasteiger partial charge in [0.05, 0.1) is 5.92 Å². The van der Waals surface area contributed by atoms with Gasteiger partial charge in [0.25, 0.3) is 0 Å². The average molecular weight is 302 g/mol. The Hall–Kier alpha value is -1.63. The predicted octanol–water partition coefficient (Wildman–Crippen LogP) is 1.18. The van der Waals surface area contributed by atoms with Gasteiger partial charge in [-0.2, -0.15) is 0 Å². The normalized spacial score (nSPS) is 32.1. The van der Waals surface area contributed by atoms with Gasteiger partial charge in [-0.25, -0.2) is 0 Å². The molecule has 7 heteroatoms. The van der Waals surface area contributed by atoms with E-state index in [9.17, 15) is 14.4 Å². The topological polar surface area (TPSA) is 88.1 Å². The average Bonchev–Trinajstić information content (AvgIpc) is 2.35. The van der Waals surface area contributed by atoms with Crippen LogP contribution >= 0.6 is 0 Å². The fraction of sp³-hybridized carbons (Fsp3) is 0.786. The Morgan fingerprint density at radius 1 is 0.905 bits per heavy atom. The third kappa shape index (κ3) is 4.70. The molecule has 0 aromatic heterocycles. The van der Waals surface area contributed by atoms with Gasteiger partial charge in [0.15, 0.2) is 6.10 Å². The molecule has 5 atom stereocenters. The zero-order valence-corrected chi connectivity index (χ0v) is 13.0. The molecule has 5 unspecified atom stereocenters. The van der Waals surface area contributed by atoms with E-state index >= 15 is 0 Å². The van der Waals surface area contributed by atoms with Gasteiger partial charge in [-0.1, -0.05) is 13.8 Å². The number of carbonyl (C=O) groups is 3. The van der Waals surface area contributed by atoms with Gasteiger partial charge >= 0.3 is 17.9 Å². The molecule has 0 aliphatic carbocycles. The summed E-state index contributed by atoms with van der Waals surface area (Å²) in [5, 5.41) is 0. The van der Waals surface area contributed by atoms with Crippen molar-refractivity contribution in [3.05, 3.63) is 0 Å². The maximum Gasteiger partial charge on any atom is 0.304 e. The van der Waals surface area contributed by atoms with E-state index in [0.29, 0.717) is 6.42 Å². The summed E-state index contributed by atoms with van der Waals surface area (Å²) >= 11 is 0. The Labute approximate surface area is 123 Å². The SMILES string of the molecule is CCC1OC(OC(C)=O)C(C)C(OC(C)=O)C1OC(C)=O. The van der Waals surface area contributed by atoms with Crippen LogP contribution in [0.5, 0.6) is 0 Å². The number of carbonyl (C=O) groups excluding carboxylic acids is 3. The lowest BCUT2D eigenvalue weighted by Crippen LogP contribution is -2.57. The van der Waals surface area contributed by atoms with Crippen molar-refractivity contribution in [3.8, 4) is 0 Å². The summed E-state index contributed by atoms with van der Waals surface area (Å²) in [6, 6.07) is 0. The molecule has 21 heavy (non-hydrogen) atoms.